The molecule has 32 heavy (non-hydrogen) atoms. The summed E-state index contributed by atoms with van der Waals surface area (Å²) in [5.41, 5.74) is 3.04. The van der Waals surface area contributed by atoms with Crippen LogP contribution < -0.4 is 16.0 Å². The number of amides is 2. The Labute approximate surface area is 193 Å². The summed E-state index contributed by atoms with van der Waals surface area (Å²) in [5.74, 6) is -1.00. The Kier molecular flexibility index (Phi) is 8.90. The normalized spacial score (nSPS) is 10.8. The SMILES string of the molecule is CCOC(=O)CCC(=O)NC(=S)Nc1ccc(NC(=O)c2ccc(C(C)(C)C)cc2)cc1. The number of hydrogen-bond donors (Lipinski definition) is 3. The molecule has 0 bridgehead atoms. The van der Waals surface area contributed by atoms with Gasteiger partial charge in [-0.25, -0.2) is 0 Å². The van der Waals surface area contributed by atoms with Crippen molar-refractivity contribution in [3.63, 3.8) is 0 Å². The van der Waals surface area contributed by atoms with Gasteiger partial charge in [0, 0.05) is 23.4 Å². The second-order valence-corrected chi connectivity index (χ2v) is 8.57. The molecule has 3 N–H and O–H groups in total. The molecule has 2 rings (SSSR count). The maximum absolute atomic E-state index is 12.5. The number of benzene rings is 2. The van der Waals surface area contributed by atoms with Crippen LogP contribution in [0.2, 0.25) is 0 Å². The van der Waals surface area contributed by atoms with Crippen LogP contribution in [-0.4, -0.2) is 29.5 Å². The zero-order chi connectivity index (χ0) is 23.7. The topological polar surface area (TPSA) is 96.5 Å². The van der Waals surface area contributed by atoms with Crippen LogP contribution in [0.4, 0.5) is 11.4 Å². The zero-order valence-corrected chi connectivity index (χ0v) is 19.6. The van der Waals surface area contributed by atoms with E-state index < -0.39 is 5.97 Å². The molecule has 0 saturated carbocycles. The minimum absolute atomic E-state index is 0.00435. The van der Waals surface area contributed by atoms with Gasteiger partial charge in [-0.3, -0.25) is 14.4 Å². The van der Waals surface area contributed by atoms with E-state index in [1.165, 1.54) is 0 Å². The highest BCUT2D eigenvalue weighted by Crippen LogP contribution is 2.22. The molecule has 0 unspecified atom stereocenters. The predicted molar refractivity (Wildman–Crippen MR) is 130 cm³/mol. The number of rotatable bonds is 7. The van der Waals surface area contributed by atoms with Crippen molar-refractivity contribution in [2.75, 3.05) is 17.2 Å². The van der Waals surface area contributed by atoms with Gasteiger partial charge in [-0.1, -0.05) is 32.9 Å². The van der Waals surface area contributed by atoms with E-state index in [9.17, 15) is 14.4 Å². The van der Waals surface area contributed by atoms with Crippen LogP contribution >= 0.6 is 12.2 Å². The summed E-state index contributed by atoms with van der Waals surface area (Å²) in [6.45, 7) is 8.35. The fourth-order valence-electron chi connectivity index (χ4n) is 2.76. The third-order valence-electron chi connectivity index (χ3n) is 4.53. The van der Waals surface area contributed by atoms with E-state index in [1.807, 2.05) is 24.3 Å². The van der Waals surface area contributed by atoms with Crippen LogP contribution in [0.5, 0.6) is 0 Å². The number of carbonyl (C=O) groups excluding carboxylic acids is 3. The maximum atomic E-state index is 12.5. The molecule has 2 aromatic carbocycles. The lowest BCUT2D eigenvalue weighted by molar-refractivity contribution is -0.144. The van der Waals surface area contributed by atoms with Crippen molar-refractivity contribution < 1.29 is 19.1 Å². The molecule has 0 aliphatic carbocycles. The molecule has 0 spiro atoms. The molecule has 0 fully saturated rings. The highest BCUT2D eigenvalue weighted by atomic mass is 32.1. The molecule has 8 heteroatoms. The first-order chi connectivity index (χ1) is 15.1. The quantitative estimate of drug-likeness (QED) is 0.423. The van der Waals surface area contributed by atoms with Crippen molar-refractivity contribution in [3.05, 3.63) is 59.7 Å². The van der Waals surface area contributed by atoms with Crippen molar-refractivity contribution in [3.8, 4) is 0 Å². The van der Waals surface area contributed by atoms with Crippen molar-refractivity contribution >= 4 is 46.5 Å². The summed E-state index contributed by atoms with van der Waals surface area (Å²) in [4.78, 5) is 35.6. The first-order valence-electron chi connectivity index (χ1n) is 10.4. The van der Waals surface area contributed by atoms with Gasteiger partial charge in [0.15, 0.2) is 5.11 Å². The van der Waals surface area contributed by atoms with Crippen molar-refractivity contribution in [2.24, 2.45) is 0 Å². The Balaban J connectivity index is 1.84. The molecule has 0 heterocycles. The first kappa shape index (κ1) is 25.0. The highest BCUT2D eigenvalue weighted by molar-refractivity contribution is 7.80. The summed E-state index contributed by atoms with van der Waals surface area (Å²) >= 11 is 5.12. The van der Waals surface area contributed by atoms with E-state index >= 15 is 0 Å². The fourth-order valence-corrected chi connectivity index (χ4v) is 2.99. The van der Waals surface area contributed by atoms with Crippen LogP contribution in [0.25, 0.3) is 0 Å². The lowest BCUT2D eigenvalue weighted by Gasteiger charge is -2.19. The number of carbonyl (C=O) groups is 3. The summed E-state index contributed by atoms with van der Waals surface area (Å²) < 4.78 is 4.78. The Morgan fingerprint density at radius 1 is 0.875 bits per heavy atom. The molecule has 2 amide bonds. The summed E-state index contributed by atoms with van der Waals surface area (Å²) in [7, 11) is 0. The number of thiocarbonyl (C=S) groups is 1. The van der Waals surface area contributed by atoms with E-state index in [1.54, 1.807) is 31.2 Å². The van der Waals surface area contributed by atoms with Crippen LogP contribution in [0.3, 0.4) is 0 Å². The maximum Gasteiger partial charge on any atom is 0.306 e. The van der Waals surface area contributed by atoms with E-state index in [0.717, 1.165) is 5.56 Å². The number of ether oxygens (including phenoxy) is 1. The molecular weight excluding hydrogens is 426 g/mol. The average molecular weight is 456 g/mol. The smallest absolute Gasteiger partial charge is 0.306 e. The van der Waals surface area contributed by atoms with Gasteiger partial charge >= 0.3 is 5.97 Å². The molecule has 0 atom stereocenters. The van der Waals surface area contributed by atoms with Gasteiger partial charge in [0.25, 0.3) is 5.91 Å². The largest absolute Gasteiger partial charge is 0.466 e. The molecule has 0 aromatic heterocycles. The Hall–Kier alpha value is -3.26. The number of nitrogens with one attached hydrogen (secondary N) is 3. The van der Waals surface area contributed by atoms with Crippen LogP contribution in [0.1, 0.15) is 56.5 Å². The third kappa shape index (κ3) is 8.11. The van der Waals surface area contributed by atoms with E-state index in [-0.39, 0.29) is 41.8 Å². The van der Waals surface area contributed by atoms with Crippen LogP contribution in [0, 0.1) is 0 Å². The summed E-state index contributed by atoms with van der Waals surface area (Å²) in [6.07, 6.45) is -0.0159. The van der Waals surface area contributed by atoms with Crippen molar-refractivity contribution in [2.45, 2.75) is 46.0 Å². The lowest BCUT2D eigenvalue weighted by atomic mass is 9.87. The van der Waals surface area contributed by atoms with Crippen molar-refractivity contribution in [1.29, 1.82) is 0 Å². The van der Waals surface area contributed by atoms with Crippen LogP contribution in [-0.2, 0) is 19.7 Å². The molecule has 7 nitrogen and oxygen atoms in total. The molecule has 0 radical (unpaired) electrons. The van der Waals surface area contributed by atoms with Gasteiger partial charge in [0.05, 0.1) is 13.0 Å². The standard InChI is InChI=1S/C24H29N3O4S/c1-5-31-21(29)15-14-20(28)27-23(32)26-19-12-10-18(11-13-19)25-22(30)16-6-8-17(9-7-16)24(2,3)4/h6-13H,5,14-15H2,1-4H3,(H,25,30)(H2,26,27,28,32). The average Bonchev–Trinajstić information content (AvgIpc) is 2.73. The lowest BCUT2D eigenvalue weighted by Crippen LogP contribution is -2.34. The monoisotopic (exact) mass is 455 g/mol. The van der Waals surface area contributed by atoms with Gasteiger partial charge in [-0.15, -0.1) is 0 Å². The van der Waals surface area contributed by atoms with E-state index in [4.69, 9.17) is 17.0 Å². The van der Waals surface area contributed by atoms with Gasteiger partial charge < -0.3 is 20.7 Å². The van der Waals surface area contributed by atoms with Gasteiger partial charge in [-0.05, 0) is 66.5 Å². The number of esters is 1. The number of hydrogen-bond acceptors (Lipinski definition) is 5. The van der Waals surface area contributed by atoms with Crippen molar-refractivity contribution in [1.82, 2.24) is 5.32 Å². The second kappa shape index (κ2) is 11.4. The van der Waals surface area contributed by atoms with Crippen LogP contribution in [0.15, 0.2) is 48.5 Å². The zero-order valence-electron chi connectivity index (χ0n) is 18.8. The second-order valence-electron chi connectivity index (χ2n) is 8.17. The molecule has 2 aromatic rings. The molecule has 0 aliphatic rings. The molecule has 170 valence electrons. The van der Waals surface area contributed by atoms with E-state index in [0.29, 0.717) is 16.9 Å². The molecule has 0 aliphatic heterocycles. The first-order valence-corrected chi connectivity index (χ1v) is 10.8. The highest BCUT2D eigenvalue weighted by Gasteiger charge is 2.14. The van der Waals surface area contributed by atoms with Gasteiger partial charge in [-0.2, -0.15) is 0 Å². The van der Waals surface area contributed by atoms with E-state index in [2.05, 4.69) is 36.7 Å². The number of anilines is 2. The van der Waals surface area contributed by atoms with Gasteiger partial charge in [0.1, 0.15) is 0 Å². The van der Waals surface area contributed by atoms with Gasteiger partial charge in [0.2, 0.25) is 5.91 Å². The predicted octanol–water partition coefficient (Wildman–Crippen LogP) is 4.39. The Bertz CT molecular complexity index is 964. The Morgan fingerprint density at radius 2 is 1.44 bits per heavy atom. The minimum Gasteiger partial charge on any atom is -0.466 e. The molecular formula is C24H29N3O4S. The summed E-state index contributed by atoms with van der Waals surface area (Å²) in [6, 6.07) is 14.5. The molecule has 0 saturated heterocycles. The Morgan fingerprint density at radius 3 is 1.97 bits per heavy atom. The third-order valence-corrected chi connectivity index (χ3v) is 4.73. The summed E-state index contributed by atoms with van der Waals surface area (Å²) in [5, 5.41) is 8.38. The fraction of sp³-hybridized carbons (Fsp3) is 0.333. The minimum atomic E-state index is -0.427.